The molecule has 0 spiro atoms. The van der Waals surface area contributed by atoms with Crippen molar-refractivity contribution in [1.82, 2.24) is 0 Å². The lowest BCUT2D eigenvalue weighted by molar-refractivity contribution is 0.356. The molecule has 2 heteroatoms. The second-order valence-corrected chi connectivity index (χ2v) is 4.75. The van der Waals surface area contributed by atoms with Gasteiger partial charge in [0.2, 0.25) is 0 Å². The topological polar surface area (TPSA) is 33.0 Å². The summed E-state index contributed by atoms with van der Waals surface area (Å²) in [5.74, 6) is 1.64. The molecule has 82 valence electrons. The molecule has 0 saturated heterocycles. The number of nitriles is 1. The van der Waals surface area contributed by atoms with Crippen molar-refractivity contribution in [2.75, 3.05) is 6.61 Å². The lowest BCUT2D eigenvalue weighted by atomic mass is 9.80. The molecule has 0 unspecified atom stereocenters. The van der Waals surface area contributed by atoms with Crippen LogP contribution in [-0.2, 0) is 19.3 Å². The van der Waals surface area contributed by atoms with Crippen molar-refractivity contribution in [2.45, 2.75) is 32.1 Å². The minimum absolute atomic E-state index is 0.560. The van der Waals surface area contributed by atoms with Crippen LogP contribution in [0, 0.1) is 17.2 Å². The van der Waals surface area contributed by atoms with Gasteiger partial charge < -0.3 is 4.74 Å². The van der Waals surface area contributed by atoms with Gasteiger partial charge in [-0.15, -0.1) is 0 Å². The Hall–Kier alpha value is -1.49. The largest absolute Gasteiger partial charge is 0.493 e. The Morgan fingerprint density at radius 3 is 3.12 bits per heavy atom. The van der Waals surface area contributed by atoms with Gasteiger partial charge in [-0.2, -0.15) is 5.26 Å². The molecule has 1 aromatic carbocycles. The molecule has 3 rings (SSSR count). The van der Waals surface area contributed by atoms with E-state index in [2.05, 4.69) is 18.2 Å². The molecule has 0 amide bonds. The van der Waals surface area contributed by atoms with Crippen molar-refractivity contribution in [3.63, 3.8) is 0 Å². The first-order valence-corrected chi connectivity index (χ1v) is 6.02. The van der Waals surface area contributed by atoms with Crippen molar-refractivity contribution in [3.8, 4) is 11.8 Å². The standard InChI is InChI=1S/C14H15NO/c15-7-5-10-1-2-11-3-4-14-12(6-8-16-14)13(11)9-10/h3-4,10H,1-2,5-6,8-9H2/t10-/m0/s1. The summed E-state index contributed by atoms with van der Waals surface area (Å²) in [4.78, 5) is 0. The van der Waals surface area contributed by atoms with Crippen LogP contribution < -0.4 is 4.74 Å². The normalized spacial score (nSPS) is 21.8. The van der Waals surface area contributed by atoms with Gasteiger partial charge in [-0.05, 0) is 42.4 Å². The van der Waals surface area contributed by atoms with E-state index in [9.17, 15) is 0 Å². The third-order valence-corrected chi connectivity index (χ3v) is 3.79. The number of hydrogen-bond acceptors (Lipinski definition) is 2. The lowest BCUT2D eigenvalue weighted by Gasteiger charge is -2.24. The van der Waals surface area contributed by atoms with Gasteiger partial charge in [0.25, 0.3) is 0 Å². The highest BCUT2D eigenvalue weighted by Crippen LogP contribution is 2.36. The molecule has 1 heterocycles. The Morgan fingerprint density at radius 1 is 1.31 bits per heavy atom. The SMILES string of the molecule is N#CC[C@@H]1CCc2ccc3c(c2C1)CCO3. The van der Waals surface area contributed by atoms with Crippen LogP contribution in [-0.4, -0.2) is 6.61 Å². The van der Waals surface area contributed by atoms with E-state index in [0.29, 0.717) is 12.3 Å². The minimum Gasteiger partial charge on any atom is -0.493 e. The lowest BCUT2D eigenvalue weighted by Crippen LogP contribution is -2.15. The van der Waals surface area contributed by atoms with Gasteiger partial charge in [0.1, 0.15) is 5.75 Å². The van der Waals surface area contributed by atoms with E-state index in [1.54, 1.807) is 0 Å². The molecule has 0 fully saturated rings. The second-order valence-electron chi connectivity index (χ2n) is 4.75. The molecular weight excluding hydrogens is 198 g/mol. The number of rotatable bonds is 1. The predicted molar refractivity (Wildman–Crippen MR) is 61.4 cm³/mol. The van der Waals surface area contributed by atoms with Gasteiger partial charge in [0.15, 0.2) is 0 Å². The average Bonchev–Trinajstić information content (AvgIpc) is 2.78. The number of aryl methyl sites for hydroxylation is 1. The number of nitrogens with zero attached hydrogens (tertiary/aromatic N) is 1. The van der Waals surface area contributed by atoms with Crippen LogP contribution >= 0.6 is 0 Å². The maximum atomic E-state index is 8.79. The van der Waals surface area contributed by atoms with Crippen LogP contribution in [0.5, 0.6) is 5.75 Å². The molecule has 1 atom stereocenters. The van der Waals surface area contributed by atoms with E-state index >= 15 is 0 Å². The van der Waals surface area contributed by atoms with Gasteiger partial charge in [-0.1, -0.05) is 6.07 Å². The Kier molecular flexibility index (Phi) is 2.32. The van der Waals surface area contributed by atoms with Crippen LogP contribution in [0.1, 0.15) is 29.5 Å². The molecule has 0 bridgehead atoms. The van der Waals surface area contributed by atoms with E-state index in [1.807, 2.05) is 0 Å². The summed E-state index contributed by atoms with van der Waals surface area (Å²) >= 11 is 0. The zero-order valence-corrected chi connectivity index (χ0v) is 9.33. The Bertz CT molecular complexity index is 459. The average molecular weight is 213 g/mol. The summed E-state index contributed by atoms with van der Waals surface area (Å²) in [6.45, 7) is 0.828. The first-order valence-electron chi connectivity index (χ1n) is 6.02. The first-order chi connectivity index (χ1) is 7.88. The summed E-state index contributed by atoms with van der Waals surface area (Å²) in [5.41, 5.74) is 4.39. The molecule has 0 aromatic heterocycles. The van der Waals surface area contributed by atoms with Gasteiger partial charge in [0.05, 0.1) is 12.7 Å². The highest BCUT2D eigenvalue weighted by atomic mass is 16.5. The quantitative estimate of drug-likeness (QED) is 0.718. The molecule has 2 nitrogen and oxygen atoms in total. The first kappa shape index (κ1) is 9.72. The van der Waals surface area contributed by atoms with Crippen LogP contribution in [0.4, 0.5) is 0 Å². The predicted octanol–water partition coefficient (Wildman–Crippen LogP) is 2.64. The van der Waals surface area contributed by atoms with E-state index in [4.69, 9.17) is 10.00 Å². The molecule has 2 aliphatic rings. The van der Waals surface area contributed by atoms with E-state index < -0.39 is 0 Å². The van der Waals surface area contributed by atoms with Crippen molar-refractivity contribution in [1.29, 1.82) is 5.26 Å². The van der Waals surface area contributed by atoms with E-state index in [-0.39, 0.29) is 0 Å². The maximum Gasteiger partial charge on any atom is 0.122 e. The van der Waals surface area contributed by atoms with Crippen molar-refractivity contribution < 1.29 is 4.74 Å². The summed E-state index contributed by atoms with van der Waals surface area (Å²) < 4.78 is 5.59. The molecule has 16 heavy (non-hydrogen) atoms. The summed E-state index contributed by atoms with van der Waals surface area (Å²) in [7, 11) is 0. The number of ether oxygens (including phenoxy) is 1. The molecule has 0 N–H and O–H groups in total. The molecule has 1 aliphatic heterocycles. The van der Waals surface area contributed by atoms with Crippen LogP contribution in [0.3, 0.4) is 0 Å². The zero-order chi connectivity index (χ0) is 11.0. The zero-order valence-electron chi connectivity index (χ0n) is 9.33. The van der Waals surface area contributed by atoms with Crippen molar-refractivity contribution >= 4 is 0 Å². The Labute approximate surface area is 95.8 Å². The molecule has 0 radical (unpaired) electrons. The molecule has 1 aliphatic carbocycles. The highest BCUT2D eigenvalue weighted by Gasteiger charge is 2.25. The number of benzene rings is 1. The summed E-state index contributed by atoms with van der Waals surface area (Å²) in [6, 6.07) is 6.63. The van der Waals surface area contributed by atoms with Crippen molar-refractivity contribution in [2.24, 2.45) is 5.92 Å². The maximum absolute atomic E-state index is 8.79. The Balaban J connectivity index is 1.96. The van der Waals surface area contributed by atoms with Gasteiger partial charge >= 0.3 is 0 Å². The fourth-order valence-electron chi connectivity index (χ4n) is 2.93. The van der Waals surface area contributed by atoms with Gasteiger partial charge in [-0.3, -0.25) is 0 Å². The second kappa shape index (κ2) is 3.83. The fraction of sp³-hybridized carbons (Fsp3) is 0.500. The number of fused-ring (bicyclic) bond motifs is 3. The van der Waals surface area contributed by atoms with Crippen LogP contribution in [0.15, 0.2) is 12.1 Å². The molecular formula is C14H15NO. The minimum atomic E-state index is 0.560. The fourth-order valence-corrected chi connectivity index (χ4v) is 2.93. The molecule has 1 aromatic rings. The van der Waals surface area contributed by atoms with E-state index in [1.165, 1.54) is 23.1 Å². The third kappa shape index (κ3) is 1.48. The van der Waals surface area contributed by atoms with Crippen LogP contribution in [0.25, 0.3) is 0 Å². The summed E-state index contributed by atoms with van der Waals surface area (Å²) in [6.07, 6.45) is 5.13. The van der Waals surface area contributed by atoms with E-state index in [0.717, 1.165) is 31.6 Å². The van der Waals surface area contributed by atoms with Gasteiger partial charge in [-0.25, -0.2) is 0 Å². The molecule has 0 saturated carbocycles. The van der Waals surface area contributed by atoms with Crippen LogP contribution in [0.2, 0.25) is 0 Å². The van der Waals surface area contributed by atoms with Gasteiger partial charge in [0, 0.05) is 18.4 Å². The smallest absolute Gasteiger partial charge is 0.122 e. The monoisotopic (exact) mass is 213 g/mol. The highest BCUT2D eigenvalue weighted by molar-refractivity contribution is 5.48. The summed E-state index contributed by atoms with van der Waals surface area (Å²) in [5, 5.41) is 8.79. The third-order valence-electron chi connectivity index (χ3n) is 3.79. The van der Waals surface area contributed by atoms with Crippen molar-refractivity contribution in [3.05, 3.63) is 28.8 Å². The Morgan fingerprint density at radius 2 is 2.25 bits per heavy atom. The number of hydrogen-bond donors (Lipinski definition) is 0.